The van der Waals surface area contributed by atoms with Gasteiger partial charge in [0.25, 0.3) is 0 Å². The fraction of sp³-hybridized carbons (Fsp3) is 0.778. The van der Waals surface area contributed by atoms with E-state index >= 15 is 0 Å². The molecule has 1 rings (SSSR count). The van der Waals surface area contributed by atoms with E-state index in [0.717, 1.165) is 11.0 Å². The monoisotopic (exact) mass is 230 g/mol. The minimum Gasteiger partial charge on any atom is -0.393 e. The molecule has 5 nitrogen and oxygen atoms in total. The van der Waals surface area contributed by atoms with Crippen molar-refractivity contribution in [2.75, 3.05) is 5.75 Å². The van der Waals surface area contributed by atoms with Gasteiger partial charge in [0.15, 0.2) is 5.16 Å². The second-order valence-corrected chi connectivity index (χ2v) is 4.71. The Morgan fingerprint density at radius 2 is 2.07 bits per heavy atom. The number of nitrogens with two attached hydrogens (primary N) is 1. The minimum atomic E-state index is -0.339. The van der Waals surface area contributed by atoms with Crippen molar-refractivity contribution >= 4 is 11.8 Å². The summed E-state index contributed by atoms with van der Waals surface area (Å²) in [7, 11) is 0. The molecule has 0 aliphatic rings. The van der Waals surface area contributed by atoms with E-state index in [1.54, 1.807) is 6.92 Å². The van der Waals surface area contributed by atoms with E-state index in [1.807, 2.05) is 4.57 Å². The molecule has 0 bridgehead atoms. The van der Waals surface area contributed by atoms with Crippen molar-refractivity contribution in [2.24, 2.45) is 5.73 Å². The molecule has 3 N–H and O–H groups in total. The predicted octanol–water partition coefficient (Wildman–Crippen LogP) is 0.791. The van der Waals surface area contributed by atoms with Crippen LogP contribution >= 0.6 is 11.8 Å². The number of hydrogen-bond donors (Lipinski definition) is 2. The molecule has 6 heteroatoms. The Morgan fingerprint density at radius 1 is 1.40 bits per heavy atom. The molecule has 1 atom stereocenters. The van der Waals surface area contributed by atoms with Gasteiger partial charge < -0.3 is 15.4 Å². The number of aliphatic hydroxyl groups excluding tert-OH is 1. The molecule has 1 aromatic rings. The van der Waals surface area contributed by atoms with E-state index in [1.165, 1.54) is 11.8 Å². The molecule has 1 heterocycles. The van der Waals surface area contributed by atoms with E-state index in [0.29, 0.717) is 12.3 Å². The fourth-order valence-electron chi connectivity index (χ4n) is 1.26. The van der Waals surface area contributed by atoms with E-state index in [2.05, 4.69) is 24.0 Å². The van der Waals surface area contributed by atoms with Gasteiger partial charge in [-0.25, -0.2) is 0 Å². The van der Waals surface area contributed by atoms with Gasteiger partial charge in [-0.1, -0.05) is 11.8 Å². The first-order valence-corrected chi connectivity index (χ1v) is 5.99. The Bertz CT molecular complexity index is 311. The Morgan fingerprint density at radius 3 is 2.53 bits per heavy atom. The average Bonchev–Trinajstić information content (AvgIpc) is 2.57. The Kier molecular flexibility index (Phi) is 4.56. The minimum absolute atomic E-state index is 0.287. The summed E-state index contributed by atoms with van der Waals surface area (Å²) in [6, 6.07) is 0.287. The first-order valence-electron chi connectivity index (χ1n) is 5.01. The van der Waals surface area contributed by atoms with Gasteiger partial charge in [-0.2, -0.15) is 0 Å². The van der Waals surface area contributed by atoms with Crippen molar-refractivity contribution in [3.05, 3.63) is 5.82 Å². The third-order valence-corrected chi connectivity index (χ3v) is 3.07. The van der Waals surface area contributed by atoms with Gasteiger partial charge in [0.05, 0.1) is 12.6 Å². The summed E-state index contributed by atoms with van der Waals surface area (Å²) in [6.07, 6.45) is -0.339. The van der Waals surface area contributed by atoms with Crippen LogP contribution in [0.4, 0.5) is 0 Å². The molecular weight excluding hydrogens is 212 g/mol. The summed E-state index contributed by atoms with van der Waals surface area (Å²) < 4.78 is 2.01. The Balaban J connectivity index is 2.82. The second kappa shape index (κ2) is 5.48. The average molecular weight is 230 g/mol. The summed E-state index contributed by atoms with van der Waals surface area (Å²) in [6.45, 7) is 6.28. The van der Waals surface area contributed by atoms with Crippen LogP contribution in [0, 0.1) is 0 Å². The van der Waals surface area contributed by atoms with Crippen molar-refractivity contribution in [2.45, 2.75) is 44.6 Å². The lowest BCUT2D eigenvalue weighted by Gasteiger charge is -2.13. The highest BCUT2D eigenvalue weighted by molar-refractivity contribution is 7.99. The lowest BCUT2D eigenvalue weighted by molar-refractivity contribution is 0.220. The van der Waals surface area contributed by atoms with Gasteiger partial charge >= 0.3 is 0 Å². The summed E-state index contributed by atoms with van der Waals surface area (Å²) >= 11 is 1.50. The van der Waals surface area contributed by atoms with Crippen LogP contribution in [0.15, 0.2) is 5.16 Å². The van der Waals surface area contributed by atoms with E-state index in [-0.39, 0.29) is 12.1 Å². The SMILES string of the molecule is CC(O)CSc1nnc(CN)n1C(C)C. The van der Waals surface area contributed by atoms with Crippen LogP contribution in [0.3, 0.4) is 0 Å². The number of hydrogen-bond acceptors (Lipinski definition) is 5. The number of thioether (sulfide) groups is 1. The summed E-state index contributed by atoms with van der Waals surface area (Å²) in [4.78, 5) is 0. The highest BCUT2D eigenvalue weighted by Crippen LogP contribution is 2.21. The fourth-order valence-corrected chi connectivity index (χ4v) is 2.20. The van der Waals surface area contributed by atoms with Crippen LogP contribution in [0.1, 0.15) is 32.6 Å². The topological polar surface area (TPSA) is 77.0 Å². The molecule has 1 unspecified atom stereocenters. The van der Waals surface area contributed by atoms with Gasteiger partial charge in [0, 0.05) is 11.8 Å². The van der Waals surface area contributed by atoms with Crippen molar-refractivity contribution < 1.29 is 5.11 Å². The number of aliphatic hydroxyl groups is 1. The molecule has 0 radical (unpaired) electrons. The molecule has 0 spiro atoms. The van der Waals surface area contributed by atoms with Crippen molar-refractivity contribution in [1.82, 2.24) is 14.8 Å². The van der Waals surface area contributed by atoms with E-state index < -0.39 is 0 Å². The Labute approximate surface area is 94.1 Å². The third kappa shape index (κ3) is 3.19. The highest BCUT2D eigenvalue weighted by Gasteiger charge is 2.14. The summed E-state index contributed by atoms with van der Waals surface area (Å²) in [5, 5.41) is 18.1. The van der Waals surface area contributed by atoms with Crippen molar-refractivity contribution in [3.63, 3.8) is 0 Å². The Hall–Kier alpha value is -0.590. The third-order valence-electron chi connectivity index (χ3n) is 1.89. The predicted molar refractivity (Wildman–Crippen MR) is 60.7 cm³/mol. The molecular formula is C9H18N4OS. The molecule has 15 heavy (non-hydrogen) atoms. The molecule has 0 saturated heterocycles. The zero-order chi connectivity index (χ0) is 11.4. The quantitative estimate of drug-likeness (QED) is 0.731. The van der Waals surface area contributed by atoms with E-state index in [9.17, 15) is 5.11 Å². The highest BCUT2D eigenvalue weighted by atomic mass is 32.2. The van der Waals surface area contributed by atoms with Crippen LogP contribution in [-0.2, 0) is 6.54 Å². The summed E-state index contributed by atoms with van der Waals surface area (Å²) in [5.41, 5.74) is 5.58. The molecule has 1 aromatic heterocycles. The van der Waals surface area contributed by atoms with Crippen molar-refractivity contribution in [3.8, 4) is 0 Å². The summed E-state index contributed by atoms with van der Waals surface area (Å²) in [5.74, 6) is 1.41. The zero-order valence-electron chi connectivity index (χ0n) is 9.34. The number of aromatic nitrogens is 3. The van der Waals surface area contributed by atoms with Crippen LogP contribution in [0.5, 0.6) is 0 Å². The standard InChI is InChI=1S/C9H18N4OS/c1-6(2)13-8(4-10)11-12-9(13)15-5-7(3)14/h6-7,14H,4-5,10H2,1-3H3. The van der Waals surface area contributed by atoms with Gasteiger partial charge in [-0.05, 0) is 20.8 Å². The van der Waals surface area contributed by atoms with Gasteiger partial charge in [-0.15, -0.1) is 10.2 Å². The van der Waals surface area contributed by atoms with Gasteiger partial charge in [0.2, 0.25) is 0 Å². The van der Waals surface area contributed by atoms with Crippen LogP contribution < -0.4 is 5.73 Å². The molecule has 0 aliphatic heterocycles. The first kappa shape index (κ1) is 12.5. The number of rotatable bonds is 5. The largest absolute Gasteiger partial charge is 0.393 e. The molecule has 0 aromatic carbocycles. The molecule has 0 aliphatic carbocycles. The van der Waals surface area contributed by atoms with Gasteiger partial charge in [0.1, 0.15) is 5.82 Å². The van der Waals surface area contributed by atoms with Crippen molar-refractivity contribution in [1.29, 1.82) is 0 Å². The zero-order valence-corrected chi connectivity index (χ0v) is 10.2. The van der Waals surface area contributed by atoms with Crippen LogP contribution in [-0.4, -0.2) is 31.7 Å². The van der Waals surface area contributed by atoms with Crippen LogP contribution in [0.25, 0.3) is 0 Å². The molecule has 0 fully saturated rings. The maximum Gasteiger partial charge on any atom is 0.191 e. The second-order valence-electron chi connectivity index (χ2n) is 3.73. The maximum atomic E-state index is 9.20. The normalized spacial score (nSPS) is 13.5. The maximum absolute atomic E-state index is 9.20. The van der Waals surface area contributed by atoms with E-state index in [4.69, 9.17) is 5.73 Å². The van der Waals surface area contributed by atoms with Gasteiger partial charge in [-0.3, -0.25) is 0 Å². The van der Waals surface area contributed by atoms with Crippen LogP contribution in [0.2, 0.25) is 0 Å². The lowest BCUT2D eigenvalue weighted by Crippen LogP contribution is -2.12. The molecule has 0 saturated carbocycles. The molecule has 0 amide bonds. The lowest BCUT2D eigenvalue weighted by atomic mass is 10.4. The molecule has 86 valence electrons. The first-order chi connectivity index (χ1) is 7.06. The number of nitrogens with zero attached hydrogens (tertiary/aromatic N) is 3. The smallest absolute Gasteiger partial charge is 0.191 e.